The Labute approximate surface area is 114 Å². The molecule has 6 heteroatoms. The zero-order valence-corrected chi connectivity index (χ0v) is 12.7. The lowest BCUT2D eigenvalue weighted by Crippen LogP contribution is -2.31. The van der Waals surface area contributed by atoms with Crippen LogP contribution in [0.1, 0.15) is 37.4 Å². The Morgan fingerprint density at radius 3 is 2.42 bits per heavy atom. The van der Waals surface area contributed by atoms with Gasteiger partial charge < -0.3 is 9.52 Å². The van der Waals surface area contributed by atoms with Crippen LogP contribution in [0.3, 0.4) is 0 Å². The minimum atomic E-state index is -3.58. The molecule has 2 rings (SSSR count). The van der Waals surface area contributed by atoms with E-state index < -0.39 is 10.0 Å². The average Bonchev–Trinajstić information content (AvgIpc) is 2.78. The van der Waals surface area contributed by atoms with Crippen LogP contribution in [0.4, 0.5) is 0 Å². The Morgan fingerprint density at radius 1 is 1.32 bits per heavy atom. The standard InChI is InChI=1S/C13H21NO4S/c1-9-11(7-15)12(10(2)18-9)19(16,17)14-6-5-13(3,4)8-14/h15H,5-8H2,1-4H3. The molecule has 0 aliphatic carbocycles. The minimum absolute atomic E-state index is 0.000860. The van der Waals surface area contributed by atoms with Crippen molar-refractivity contribution in [1.82, 2.24) is 4.31 Å². The van der Waals surface area contributed by atoms with Crippen molar-refractivity contribution in [2.24, 2.45) is 5.41 Å². The van der Waals surface area contributed by atoms with Crippen LogP contribution in [0.15, 0.2) is 9.31 Å². The number of rotatable bonds is 3. The van der Waals surface area contributed by atoms with E-state index in [1.165, 1.54) is 4.31 Å². The van der Waals surface area contributed by atoms with E-state index in [-0.39, 0.29) is 16.9 Å². The molecule has 0 spiro atoms. The molecule has 19 heavy (non-hydrogen) atoms. The molecule has 1 aliphatic rings. The lowest BCUT2D eigenvalue weighted by atomic mass is 9.93. The van der Waals surface area contributed by atoms with Crippen molar-refractivity contribution in [1.29, 1.82) is 0 Å². The molecule has 1 aliphatic heterocycles. The SMILES string of the molecule is Cc1oc(C)c(S(=O)(=O)N2CCC(C)(C)C2)c1CO. The van der Waals surface area contributed by atoms with Crippen LogP contribution in [-0.2, 0) is 16.6 Å². The van der Waals surface area contributed by atoms with Gasteiger partial charge in [-0.05, 0) is 25.7 Å². The molecule has 0 aromatic carbocycles. The maximum absolute atomic E-state index is 12.7. The van der Waals surface area contributed by atoms with Gasteiger partial charge in [0.05, 0.1) is 6.61 Å². The third kappa shape index (κ3) is 2.44. The molecule has 108 valence electrons. The molecule has 1 fully saturated rings. The van der Waals surface area contributed by atoms with Crippen molar-refractivity contribution in [3.05, 3.63) is 17.1 Å². The fourth-order valence-electron chi connectivity index (χ4n) is 2.63. The lowest BCUT2D eigenvalue weighted by molar-refractivity contribution is 0.276. The van der Waals surface area contributed by atoms with Crippen LogP contribution in [0.25, 0.3) is 0 Å². The molecular weight excluding hydrogens is 266 g/mol. The fraction of sp³-hybridized carbons (Fsp3) is 0.692. The van der Waals surface area contributed by atoms with Crippen molar-refractivity contribution in [2.45, 2.75) is 45.6 Å². The Balaban J connectivity index is 2.47. The highest BCUT2D eigenvalue weighted by Gasteiger charge is 2.39. The highest BCUT2D eigenvalue weighted by molar-refractivity contribution is 7.89. The highest BCUT2D eigenvalue weighted by Crippen LogP contribution is 2.36. The summed E-state index contributed by atoms with van der Waals surface area (Å²) in [6.45, 7) is 8.11. The van der Waals surface area contributed by atoms with Gasteiger partial charge in [-0.2, -0.15) is 4.31 Å². The van der Waals surface area contributed by atoms with E-state index >= 15 is 0 Å². The molecule has 5 nitrogen and oxygen atoms in total. The van der Waals surface area contributed by atoms with Gasteiger partial charge in [0, 0.05) is 18.7 Å². The van der Waals surface area contributed by atoms with Crippen LogP contribution in [0.2, 0.25) is 0 Å². The molecule has 0 unspecified atom stereocenters. The lowest BCUT2D eigenvalue weighted by Gasteiger charge is -2.20. The summed E-state index contributed by atoms with van der Waals surface area (Å²) >= 11 is 0. The zero-order chi connectivity index (χ0) is 14.4. The van der Waals surface area contributed by atoms with Crippen LogP contribution < -0.4 is 0 Å². The molecule has 1 saturated heterocycles. The quantitative estimate of drug-likeness (QED) is 0.920. The van der Waals surface area contributed by atoms with E-state index in [1.54, 1.807) is 13.8 Å². The first-order chi connectivity index (χ1) is 8.69. The second-order valence-electron chi connectivity index (χ2n) is 5.93. The summed E-state index contributed by atoms with van der Waals surface area (Å²) in [5.74, 6) is 0.822. The van der Waals surface area contributed by atoms with E-state index in [4.69, 9.17) is 4.42 Å². The third-order valence-electron chi connectivity index (χ3n) is 3.72. The Hall–Kier alpha value is -0.850. The molecule has 0 saturated carbocycles. The number of hydrogen-bond donors (Lipinski definition) is 1. The normalized spacial score (nSPS) is 20.1. The summed E-state index contributed by atoms with van der Waals surface area (Å²) in [6, 6.07) is 0. The fourth-order valence-corrected chi connectivity index (χ4v) is 4.66. The van der Waals surface area contributed by atoms with Crippen LogP contribution in [0, 0.1) is 19.3 Å². The first-order valence-electron chi connectivity index (χ1n) is 6.39. The highest BCUT2D eigenvalue weighted by atomic mass is 32.2. The van der Waals surface area contributed by atoms with E-state index in [1.807, 2.05) is 0 Å². The Bertz CT molecular complexity index is 586. The van der Waals surface area contributed by atoms with Gasteiger partial charge in [-0.1, -0.05) is 13.8 Å². The van der Waals surface area contributed by atoms with Gasteiger partial charge in [0.15, 0.2) is 0 Å². The van der Waals surface area contributed by atoms with Crippen molar-refractivity contribution in [2.75, 3.05) is 13.1 Å². The number of hydrogen-bond acceptors (Lipinski definition) is 4. The van der Waals surface area contributed by atoms with Gasteiger partial charge in [-0.25, -0.2) is 8.42 Å². The predicted molar refractivity (Wildman–Crippen MR) is 71.3 cm³/mol. The number of aliphatic hydroxyl groups is 1. The van der Waals surface area contributed by atoms with Crippen molar-refractivity contribution >= 4 is 10.0 Å². The summed E-state index contributed by atoms with van der Waals surface area (Å²) in [5.41, 5.74) is 0.376. The van der Waals surface area contributed by atoms with Gasteiger partial charge in [0.2, 0.25) is 10.0 Å². The average molecular weight is 287 g/mol. The van der Waals surface area contributed by atoms with Gasteiger partial charge in [-0.15, -0.1) is 0 Å². The largest absolute Gasteiger partial charge is 0.465 e. The number of nitrogens with zero attached hydrogens (tertiary/aromatic N) is 1. The number of sulfonamides is 1. The van der Waals surface area contributed by atoms with Crippen molar-refractivity contribution in [3.63, 3.8) is 0 Å². The van der Waals surface area contributed by atoms with Crippen LogP contribution in [0.5, 0.6) is 0 Å². The Kier molecular flexibility index (Phi) is 3.53. The molecule has 0 amide bonds. The summed E-state index contributed by atoms with van der Waals surface area (Å²) in [7, 11) is -3.58. The molecule has 1 N–H and O–H groups in total. The molecule has 2 heterocycles. The van der Waals surface area contributed by atoms with Crippen molar-refractivity contribution < 1.29 is 17.9 Å². The molecular formula is C13H21NO4S. The zero-order valence-electron chi connectivity index (χ0n) is 11.9. The second kappa shape index (κ2) is 4.61. The van der Waals surface area contributed by atoms with E-state index in [2.05, 4.69) is 13.8 Å². The smallest absolute Gasteiger partial charge is 0.246 e. The topological polar surface area (TPSA) is 70.8 Å². The van der Waals surface area contributed by atoms with Gasteiger partial charge in [0.1, 0.15) is 16.4 Å². The molecule has 0 bridgehead atoms. The maximum Gasteiger partial charge on any atom is 0.246 e. The van der Waals surface area contributed by atoms with E-state index in [9.17, 15) is 13.5 Å². The maximum atomic E-state index is 12.7. The summed E-state index contributed by atoms with van der Waals surface area (Å²) in [5, 5.41) is 9.38. The van der Waals surface area contributed by atoms with Crippen molar-refractivity contribution in [3.8, 4) is 0 Å². The first-order valence-corrected chi connectivity index (χ1v) is 7.83. The summed E-state index contributed by atoms with van der Waals surface area (Å²) in [4.78, 5) is 0.144. The summed E-state index contributed by atoms with van der Waals surface area (Å²) in [6.07, 6.45) is 0.844. The Morgan fingerprint density at radius 2 is 1.95 bits per heavy atom. The van der Waals surface area contributed by atoms with Gasteiger partial charge in [-0.3, -0.25) is 0 Å². The predicted octanol–water partition coefficient (Wildman–Crippen LogP) is 1.81. The van der Waals surface area contributed by atoms with E-state index in [0.717, 1.165) is 6.42 Å². The molecule has 0 radical (unpaired) electrons. The molecule has 1 aromatic heterocycles. The second-order valence-corrected chi connectivity index (χ2v) is 7.81. The van der Waals surface area contributed by atoms with Crippen LogP contribution in [-0.4, -0.2) is 30.9 Å². The summed E-state index contributed by atoms with van der Waals surface area (Å²) < 4.78 is 32.2. The number of aliphatic hydroxyl groups excluding tert-OH is 1. The monoisotopic (exact) mass is 287 g/mol. The molecule has 0 atom stereocenters. The minimum Gasteiger partial charge on any atom is -0.465 e. The molecule has 1 aromatic rings. The van der Waals surface area contributed by atoms with E-state index in [0.29, 0.717) is 30.2 Å². The number of aryl methyl sites for hydroxylation is 2. The van der Waals surface area contributed by atoms with Crippen LogP contribution >= 0.6 is 0 Å². The van der Waals surface area contributed by atoms with Gasteiger partial charge >= 0.3 is 0 Å². The third-order valence-corrected chi connectivity index (χ3v) is 5.76. The van der Waals surface area contributed by atoms with Gasteiger partial charge in [0.25, 0.3) is 0 Å². The first kappa shape index (κ1) is 14.6. The number of furan rings is 1.